The second-order valence-electron chi connectivity index (χ2n) is 7.13. The number of methoxy groups -OCH3 is 2. The molecule has 2 aromatic carbocycles. The lowest BCUT2D eigenvalue weighted by molar-refractivity contribution is -0.119. The van der Waals surface area contributed by atoms with Crippen molar-refractivity contribution in [3.63, 3.8) is 0 Å². The smallest absolute Gasteiger partial charge is 0.325 e. The van der Waals surface area contributed by atoms with Crippen LogP contribution < -0.4 is 19.3 Å². The minimum Gasteiger partial charge on any atom is -0.493 e. The largest absolute Gasteiger partial charge is 0.493 e. The van der Waals surface area contributed by atoms with E-state index >= 15 is 0 Å². The van der Waals surface area contributed by atoms with Crippen LogP contribution in [0.4, 0.5) is 16.2 Å². The summed E-state index contributed by atoms with van der Waals surface area (Å²) in [5.41, 5.74) is 1.58. The van der Waals surface area contributed by atoms with E-state index in [-0.39, 0.29) is 18.5 Å². The zero-order valence-electron chi connectivity index (χ0n) is 17.8. The number of benzene rings is 2. The number of urea groups is 1. The zero-order valence-corrected chi connectivity index (χ0v) is 17.8. The van der Waals surface area contributed by atoms with Crippen molar-refractivity contribution in [3.8, 4) is 11.5 Å². The molecule has 1 aliphatic heterocycles. The van der Waals surface area contributed by atoms with Crippen molar-refractivity contribution < 1.29 is 19.1 Å². The molecule has 7 nitrogen and oxygen atoms in total. The van der Waals surface area contributed by atoms with Crippen LogP contribution in [-0.4, -0.2) is 57.2 Å². The van der Waals surface area contributed by atoms with Crippen LogP contribution in [0.2, 0.25) is 0 Å². The molecule has 1 aliphatic rings. The molecule has 0 aromatic heterocycles. The van der Waals surface area contributed by atoms with E-state index < -0.39 is 0 Å². The Balaban J connectivity index is 1.71. The molecular weight excluding hydrogens is 382 g/mol. The number of rotatable bonds is 9. The van der Waals surface area contributed by atoms with Crippen molar-refractivity contribution in [1.82, 2.24) is 4.90 Å². The van der Waals surface area contributed by atoms with E-state index in [4.69, 9.17) is 9.47 Å². The molecule has 0 aliphatic carbocycles. The van der Waals surface area contributed by atoms with Crippen molar-refractivity contribution in [3.05, 3.63) is 48.5 Å². The maximum Gasteiger partial charge on any atom is 0.325 e. The van der Waals surface area contributed by atoms with Gasteiger partial charge in [-0.1, -0.05) is 31.5 Å². The van der Waals surface area contributed by atoms with E-state index in [0.29, 0.717) is 31.1 Å². The Morgan fingerprint density at radius 2 is 1.77 bits per heavy atom. The van der Waals surface area contributed by atoms with E-state index in [1.54, 1.807) is 41.1 Å². The normalized spacial score (nSPS) is 13.5. The van der Waals surface area contributed by atoms with Crippen LogP contribution in [0.5, 0.6) is 11.5 Å². The van der Waals surface area contributed by atoms with Crippen LogP contribution in [0.15, 0.2) is 48.5 Å². The molecular formula is C23H29N3O4. The number of nitrogens with zero attached hydrogens (tertiary/aromatic N) is 3. The first-order valence-corrected chi connectivity index (χ1v) is 10.2. The molecule has 3 amide bonds. The average molecular weight is 412 g/mol. The van der Waals surface area contributed by atoms with Crippen LogP contribution in [0.25, 0.3) is 0 Å². The number of anilines is 2. The number of carbonyl (C=O) groups excluding carboxylic acids is 2. The number of para-hydroxylation sites is 1. The van der Waals surface area contributed by atoms with Gasteiger partial charge in [0.15, 0.2) is 11.5 Å². The van der Waals surface area contributed by atoms with Crippen LogP contribution in [0.1, 0.15) is 19.8 Å². The molecule has 0 saturated carbocycles. The third-order valence-electron chi connectivity index (χ3n) is 5.20. The Labute approximate surface area is 177 Å². The third-order valence-corrected chi connectivity index (χ3v) is 5.20. The zero-order chi connectivity index (χ0) is 21.5. The standard InChI is InChI=1S/C23H29N3O4/c1-4-5-13-25(18-9-7-6-8-10-18)22(27)17-24-14-15-26(23(24)28)19-11-12-20(29-2)21(16-19)30-3/h6-12,16H,4-5,13-15,17H2,1-3H3. The predicted octanol–water partition coefficient (Wildman–Crippen LogP) is 3.78. The molecule has 160 valence electrons. The van der Waals surface area contributed by atoms with Gasteiger partial charge < -0.3 is 19.3 Å². The van der Waals surface area contributed by atoms with Crippen molar-refractivity contribution >= 4 is 23.3 Å². The first-order valence-electron chi connectivity index (χ1n) is 10.2. The van der Waals surface area contributed by atoms with Crippen LogP contribution >= 0.6 is 0 Å². The number of unbranched alkanes of at least 4 members (excludes halogenated alkanes) is 1. The van der Waals surface area contributed by atoms with Gasteiger partial charge in [0.05, 0.1) is 14.2 Å². The maximum atomic E-state index is 13.1. The molecule has 0 N–H and O–H groups in total. The summed E-state index contributed by atoms with van der Waals surface area (Å²) in [7, 11) is 3.13. The summed E-state index contributed by atoms with van der Waals surface area (Å²) in [6, 6.07) is 14.8. The first kappa shape index (κ1) is 21.5. The van der Waals surface area contributed by atoms with Gasteiger partial charge in [-0.15, -0.1) is 0 Å². The molecule has 1 heterocycles. The fraction of sp³-hybridized carbons (Fsp3) is 0.391. The van der Waals surface area contributed by atoms with Crippen molar-refractivity contribution in [1.29, 1.82) is 0 Å². The van der Waals surface area contributed by atoms with Gasteiger partial charge in [-0.05, 0) is 30.7 Å². The lowest BCUT2D eigenvalue weighted by Crippen LogP contribution is -2.42. The number of hydrogen-bond acceptors (Lipinski definition) is 4. The predicted molar refractivity (Wildman–Crippen MR) is 118 cm³/mol. The number of hydrogen-bond donors (Lipinski definition) is 0. The minimum atomic E-state index is -0.181. The molecule has 1 fully saturated rings. The monoisotopic (exact) mass is 411 g/mol. The van der Waals surface area contributed by atoms with Gasteiger partial charge in [0, 0.05) is 37.1 Å². The Kier molecular flexibility index (Phi) is 7.17. The fourth-order valence-corrected chi connectivity index (χ4v) is 3.53. The highest BCUT2D eigenvalue weighted by atomic mass is 16.5. The average Bonchev–Trinajstić information content (AvgIpc) is 3.14. The van der Waals surface area contributed by atoms with Gasteiger partial charge >= 0.3 is 6.03 Å². The lowest BCUT2D eigenvalue weighted by Gasteiger charge is -2.25. The maximum absolute atomic E-state index is 13.1. The molecule has 30 heavy (non-hydrogen) atoms. The van der Waals surface area contributed by atoms with E-state index in [1.165, 1.54) is 0 Å². The highest BCUT2D eigenvalue weighted by Crippen LogP contribution is 2.32. The van der Waals surface area contributed by atoms with Gasteiger partial charge in [0.2, 0.25) is 5.91 Å². The van der Waals surface area contributed by atoms with E-state index in [1.807, 2.05) is 36.4 Å². The van der Waals surface area contributed by atoms with E-state index in [9.17, 15) is 9.59 Å². The van der Waals surface area contributed by atoms with E-state index in [2.05, 4.69) is 6.92 Å². The highest BCUT2D eigenvalue weighted by molar-refractivity contribution is 6.00. The third kappa shape index (κ3) is 4.67. The van der Waals surface area contributed by atoms with Gasteiger partial charge in [-0.25, -0.2) is 4.79 Å². The van der Waals surface area contributed by atoms with Gasteiger partial charge in [0.1, 0.15) is 6.54 Å². The van der Waals surface area contributed by atoms with Crippen molar-refractivity contribution in [2.24, 2.45) is 0 Å². The second-order valence-corrected chi connectivity index (χ2v) is 7.13. The quantitative estimate of drug-likeness (QED) is 0.630. The molecule has 0 unspecified atom stereocenters. The molecule has 0 bridgehead atoms. The Hall–Kier alpha value is -3.22. The van der Waals surface area contributed by atoms with Crippen molar-refractivity contribution in [2.75, 3.05) is 50.2 Å². The number of ether oxygens (including phenoxy) is 2. The SMILES string of the molecule is CCCCN(C(=O)CN1CCN(c2ccc(OC)c(OC)c2)C1=O)c1ccccc1. The van der Waals surface area contributed by atoms with Crippen LogP contribution in [0.3, 0.4) is 0 Å². The van der Waals surface area contributed by atoms with Crippen molar-refractivity contribution in [2.45, 2.75) is 19.8 Å². The summed E-state index contributed by atoms with van der Waals surface area (Å²) in [5.74, 6) is 1.10. The minimum absolute atomic E-state index is 0.0568. The van der Waals surface area contributed by atoms with E-state index in [0.717, 1.165) is 24.2 Å². The first-order chi connectivity index (χ1) is 14.6. The summed E-state index contributed by atoms with van der Waals surface area (Å²) in [5, 5.41) is 0. The van der Waals surface area contributed by atoms with Gasteiger partial charge in [-0.3, -0.25) is 9.69 Å². The summed E-state index contributed by atoms with van der Waals surface area (Å²) >= 11 is 0. The molecule has 3 rings (SSSR count). The Bertz CT molecular complexity index is 872. The summed E-state index contributed by atoms with van der Waals surface area (Å²) in [4.78, 5) is 31.1. The number of carbonyl (C=O) groups is 2. The highest BCUT2D eigenvalue weighted by Gasteiger charge is 2.32. The van der Waals surface area contributed by atoms with Gasteiger partial charge in [0.25, 0.3) is 0 Å². The molecule has 0 atom stereocenters. The number of amides is 3. The van der Waals surface area contributed by atoms with Gasteiger partial charge in [-0.2, -0.15) is 0 Å². The van der Waals surface area contributed by atoms with Crippen LogP contribution in [0, 0.1) is 0 Å². The summed E-state index contributed by atoms with van der Waals surface area (Å²) in [6.45, 7) is 3.80. The Morgan fingerprint density at radius 1 is 1.03 bits per heavy atom. The topological polar surface area (TPSA) is 62.3 Å². The molecule has 0 radical (unpaired) electrons. The molecule has 7 heteroatoms. The molecule has 2 aromatic rings. The summed E-state index contributed by atoms with van der Waals surface area (Å²) in [6.07, 6.45) is 1.90. The Morgan fingerprint density at radius 3 is 2.43 bits per heavy atom. The van der Waals surface area contributed by atoms with Crippen LogP contribution in [-0.2, 0) is 4.79 Å². The summed E-state index contributed by atoms with van der Waals surface area (Å²) < 4.78 is 10.6. The lowest BCUT2D eigenvalue weighted by atomic mass is 10.2. The molecule has 1 saturated heterocycles. The second kappa shape index (κ2) is 10.0. The molecule has 0 spiro atoms. The fourth-order valence-electron chi connectivity index (χ4n) is 3.53.